The normalized spacial score (nSPS) is 11.9. The van der Waals surface area contributed by atoms with E-state index in [0.29, 0.717) is 13.2 Å². The molecule has 0 heterocycles. The van der Waals surface area contributed by atoms with Crippen molar-refractivity contribution in [2.45, 2.75) is 20.8 Å². The van der Waals surface area contributed by atoms with Crippen LogP contribution in [0.15, 0.2) is 24.3 Å². The molecular weight excluding hydrogens is 202 g/mol. The molecule has 3 nitrogen and oxygen atoms in total. The van der Waals surface area contributed by atoms with Crippen LogP contribution >= 0.6 is 0 Å². The standard InChI is InChI=1S/C13H19NO2/c1-4-16-13(15)11(3)9-14-12-7-5-6-10(2)8-12/h5-8,11,14H,4,9H2,1-3H3. The molecule has 3 heteroatoms. The largest absolute Gasteiger partial charge is 0.466 e. The van der Waals surface area contributed by atoms with Gasteiger partial charge in [0.1, 0.15) is 0 Å². The van der Waals surface area contributed by atoms with Gasteiger partial charge in [-0.15, -0.1) is 0 Å². The Morgan fingerprint density at radius 3 is 2.88 bits per heavy atom. The van der Waals surface area contributed by atoms with Gasteiger partial charge >= 0.3 is 5.97 Å². The van der Waals surface area contributed by atoms with Crippen LogP contribution in [0.25, 0.3) is 0 Å². The SMILES string of the molecule is CCOC(=O)C(C)CNc1cccc(C)c1. The lowest BCUT2D eigenvalue weighted by atomic mass is 10.1. The molecular formula is C13H19NO2. The number of hydrogen-bond donors (Lipinski definition) is 1. The van der Waals surface area contributed by atoms with Crippen molar-refractivity contribution >= 4 is 11.7 Å². The van der Waals surface area contributed by atoms with Crippen molar-refractivity contribution in [2.75, 3.05) is 18.5 Å². The highest BCUT2D eigenvalue weighted by Crippen LogP contribution is 2.10. The van der Waals surface area contributed by atoms with Gasteiger partial charge in [-0.2, -0.15) is 0 Å². The lowest BCUT2D eigenvalue weighted by molar-refractivity contribution is -0.146. The smallest absolute Gasteiger partial charge is 0.310 e. The molecule has 0 saturated heterocycles. The van der Waals surface area contributed by atoms with Crippen molar-refractivity contribution in [3.8, 4) is 0 Å². The zero-order valence-corrected chi connectivity index (χ0v) is 10.1. The number of carbonyl (C=O) groups excluding carboxylic acids is 1. The molecule has 1 aromatic carbocycles. The van der Waals surface area contributed by atoms with Gasteiger partial charge in [0.05, 0.1) is 12.5 Å². The van der Waals surface area contributed by atoms with Crippen LogP contribution in [0.5, 0.6) is 0 Å². The molecule has 1 N–H and O–H groups in total. The van der Waals surface area contributed by atoms with Crippen molar-refractivity contribution in [2.24, 2.45) is 5.92 Å². The van der Waals surface area contributed by atoms with Crippen molar-refractivity contribution < 1.29 is 9.53 Å². The van der Waals surface area contributed by atoms with Gasteiger partial charge < -0.3 is 10.1 Å². The molecule has 0 bridgehead atoms. The number of benzene rings is 1. The van der Waals surface area contributed by atoms with E-state index in [2.05, 4.69) is 11.4 Å². The van der Waals surface area contributed by atoms with E-state index in [1.807, 2.05) is 39.0 Å². The molecule has 0 radical (unpaired) electrons. The Morgan fingerprint density at radius 2 is 2.25 bits per heavy atom. The second-order valence-electron chi connectivity index (χ2n) is 3.90. The fourth-order valence-corrected chi connectivity index (χ4v) is 1.39. The molecule has 0 saturated carbocycles. The van der Waals surface area contributed by atoms with Gasteiger partial charge in [0, 0.05) is 12.2 Å². The summed E-state index contributed by atoms with van der Waals surface area (Å²) in [5.74, 6) is -0.275. The minimum absolute atomic E-state index is 0.125. The zero-order valence-electron chi connectivity index (χ0n) is 10.1. The van der Waals surface area contributed by atoms with Gasteiger partial charge in [0.2, 0.25) is 0 Å². The van der Waals surface area contributed by atoms with Gasteiger partial charge in [-0.25, -0.2) is 0 Å². The highest BCUT2D eigenvalue weighted by atomic mass is 16.5. The van der Waals surface area contributed by atoms with E-state index in [1.54, 1.807) is 0 Å². The molecule has 0 aromatic heterocycles. The average molecular weight is 221 g/mol. The number of carbonyl (C=O) groups is 1. The molecule has 0 spiro atoms. The van der Waals surface area contributed by atoms with Crippen LogP contribution in [0, 0.1) is 12.8 Å². The molecule has 1 atom stereocenters. The van der Waals surface area contributed by atoms with Crippen molar-refractivity contribution in [1.29, 1.82) is 0 Å². The average Bonchev–Trinajstić information content (AvgIpc) is 2.26. The molecule has 0 aliphatic rings. The molecule has 0 amide bonds. The number of rotatable bonds is 5. The zero-order chi connectivity index (χ0) is 12.0. The molecule has 88 valence electrons. The van der Waals surface area contributed by atoms with Crippen LogP contribution in [0.1, 0.15) is 19.4 Å². The van der Waals surface area contributed by atoms with Crippen LogP contribution < -0.4 is 5.32 Å². The summed E-state index contributed by atoms with van der Waals surface area (Å²) in [5, 5.41) is 3.22. The number of esters is 1. The first-order valence-electron chi connectivity index (χ1n) is 5.60. The maximum absolute atomic E-state index is 11.4. The summed E-state index contributed by atoms with van der Waals surface area (Å²) < 4.78 is 4.94. The summed E-state index contributed by atoms with van der Waals surface area (Å²) >= 11 is 0. The van der Waals surface area contributed by atoms with E-state index in [-0.39, 0.29) is 11.9 Å². The Bertz CT molecular complexity index is 350. The number of hydrogen-bond acceptors (Lipinski definition) is 3. The topological polar surface area (TPSA) is 38.3 Å². The Hall–Kier alpha value is -1.51. The first kappa shape index (κ1) is 12.6. The van der Waals surface area contributed by atoms with E-state index in [9.17, 15) is 4.79 Å². The molecule has 1 unspecified atom stereocenters. The summed E-state index contributed by atoms with van der Waals surface area (Å²) in [6.45, 7) is 6.76. The molecule has 1 aromatic rings. The maximum atomic E-state index is 11.4. The molecule has 0 aliphatic carbocycles. The quantitative estimate of drug-likeness (QED) is 0.777. The summed E-state index contributed by atoms with van der Waals surface area (Å²) in [6, 6.07) is 8.08. The van der Waals surface area contributed by atoms with Crippen molar-refractivity contribution in [1.82, 2.24) is 0 Å². The van der Waals surface area contributed by atoms with Crippen molar-refractivity contribution in [3.63, 3.8) is 0 Å². The van der Waals surface area contributed by atoms with E-state index in [4.69, 9.17) is 4.74 Å². The Kier molecular flexibility index (Phi) is 4.83. The number of ether oxygens (including phenoxy) is 1. The Balaban J connectivity index is 2.42. The highest BCUT2D eigenvalue weighted by Gasteiger charge is 2.12. The minimum atomic E-state index is -0.150. The number of aryl methyl sites for hydroxylation is 1. The molecule has 1 rings (SSSR count). The monoisotopic (exact) mass is 221 g/mol. The second-order valence-corrected chi connectivity index (χ2v) is 3.90. The van der Waals surface area contributed by atoms with E-state index in [1.165, 1.54) is 5.56 Å². The van der Waals surface area contributed by atoms with Crippen LogP contribution in [-0.2, 0) is 9.53 Å². The Labute approximate surface area is 96.8 Å². The van der Waals surface area contributed by atoms with E-state index in [0.717, 1.165) is 5.69 Å². The predicted octanol–water partition coefficient (Wildman–Crippen LogP) is 2.61. The van der Waals surface area contributed by atoms with E-state index >= 15 is 0 Å². The molecule has 0 aliphatic heterocycles. The minimum Gasteiger partial charge on any atom is -0.466 e. The Morgan fingerprint density at radius 1 is 1.50 bits per heavy atom. The fourth-order valence-electron chi connectivity index (χ4n) is 1.39. The fraction of sp³-hybridized carbons (Fsp3) is 0.462. The lowest BCUT2D eigenvalue weighted by Gasteiger charge is -2.12. The number of nitrogens with one attached hydrogen (secondary N) is 1. The highest BCUT2D eigenvalue weighted by molar-refractivity contribution is 5.72. The van der Waals surface area contributed by atoms with Gasteiger partial charge in [0.25, 0.3) is 0 Å². The molecule has 16 heavy (non-hydrogen) atoms. The first-order chi connectivity index (χ1) is 7.63. The first-order valence-corrected chi connectivity index (χ1v) is 5.60. The van der Waals surface area contributed by atoms with Crippen LogP contribution in [0.2, 0.25) is 0 Å². The number of anilines is 1. The summed E-state index contributed by atoms with van der Waals surface area (Å²) in [7, 11) is 0. The summed E-state index contributed by atoms with van der Waals surface area (Å²) in [6.07, 6.45) is 0. The third-order valence-electron chi connectivity index (χ3n) is 2.32. The third kappa shape index (κ3) is 3.93. The lowest BCUT2D eigenvalue weighted by Crippen LogP contribution is -2.22. The second kappa shape index (κ2) is 6.16. The van der Waals surface area contributed by atoms with Crippen LogP contribution in [0.3, 0.4) is 0 Å². The van der Waals surface area contributed by atoms with E-state index < -0.39 is 0 Å². The van der Waals surface area contributed by atoms with Gasteiger partial charge in [0.15, 0.2) is 0 Å². The van der Waals surface area contributed by atoms with Gasteiger partial charge in [-0.1, -0.05) is 19.1 Å². The van der Waals surface area contributed by atoms with Crippen LogP contribution in [-0.4, -0.2) is 19.1 Å². The van der Waals surface area contributed by atoms with Gasteiger partial charge in [-0.05, 0) is 31.5 Å². The summed E-state index contributed by atoms with van der Waals surface area (Å²) in [5.41, 5.74) is 2.24. The van der Waals surface area contributed by atoms with Crippen LogP contribution in [0.4, 0.5) is 5.69 Å². The predicted molar refractivity (Wildman–Crippen MR) is 65.5 cm³/mol. The van der Waals surface area contributed by atoms with Gasteiger partial charge in [-0.3, -0.25) is 4.79 Å². The maximum Gasteiger partial charge on any atom is 0.310 e. The molecule has 0 fully saturated rings. The van der Waals surface area contributed by atoms with Crippen molar-refractivity contribution in [3.05, 3.63) is 29.8 Å². The third-order valence-corrected chi connectivity index (χ3v) is 2.32. The summed E-state index contributed by atoms with van der Waals surface area (Å²) in [4.78, 5) is 11.4.